The van der Waals surface area contributed by atoms with Gasteiger partial charge >= 0.3 is 6.03 Å². The normalized spacial score (nSPS) is 20.7. The molecule has 0 radical (unpaired) electrons. The first-order chi connectivity index (χ1) is 15.0. The maximum atomic E-state index is 12.9. The second kappa shape index (κ2) is 11.1. The molecule has 1 aromatic rings. The van der Waals surface area contributed by atoms with Gasteiger partial charge in [0.2, 0.25) is 11.8 Å². The number of primary amides is 1. The molecule has 170 valence electrons. The van der Waals surface area contributed by atoms with E-state index in [9.17, 15) is 14.4 Å². The minimum absolute atomic E-state index is 0.0660. The number of nitrogens with zero attached hydrogens (tertiary/aromatic N) is 1. The van der Waals surface area contributed by atoms with Crippen molar-refractivity contribution < 1.29 is 14.4 Å². The Labute approximate surface area is 184 Å². The lowest BCUT2D eigenvalue weighted by atomic mass is 9.96. The van der Waals surface area contributed by atoms with Gasteiger partial charge in [0.1, 0.15) is 5.54 Å². The average molecular weight is 430 g/mol. The van der Waals surface area contributed by atoms with Crippen LogP contribution in [0, 0.1) is 5.92 Å². The topological polar surface area (TPSA) is 117 Å². The lowest BCUT2D eigenvalue weighted by Gasteiger charge is -2.31. The highest BCUT2D eigenvalue weighted by Crippen LogP contribution is 2.30. The standard InChI is InChI=1S/C23H35N5O3/c24-20(29)19-10-6-14-28(17-19)15-7-13-25-21(30)23(11-4-5-12-23)27-22(31)26-16-18-8-2-1-3-9-18/h1-3,8-9,19H,4-7,10-17H2,(H2,24,29)(H,25,30)(H2,26,27,31). The summed E-state index contributed by atoms with van der Waals surface area (Å²) in [6, 6.07) is 9.38. The SMILES string of the molecule is NC(=O)C1CCCN(CCCNC(=O)C2(NC(=O)NCc3ccccc3)CCCC2)C1. The lowest BCUT2D eigenvalue weighted by molar-refractivity contribution is -0.127. The van der Waals surface area contributed by atoms with Gasteiger partial charge in [-0.2, -0.15) is 0 Å². The summed E-state index contributed by atoms with van der Waals surface area (Å²) in [5.41, 5.74) is 5.62. The smallest absolute Gasteiger partial charge is 0.315 e. The predicted octanol–water partition coefficient (Wildman–Crippen LogP) is 1.50. The van der Waals surface area contributed by atoms with Crippen molar-refractivity contribution in [3.05, 3.63) is 35.9 Å². The van der Waals surface area contributed by atoms with Crippen LogP contribution in [-0.4, -0.2) is 54.5 Å². The molecule has 8 heteroatoms. The quantitative estimate of drug-likeness (QED) is 0.445. The van der Waals surface area contributed by atoms with Crippen molar-refractivity contribution in [2.75, 3.05) is 26.2 Å². The lowest BCUT2D eigenvalue weighted by Crippen LogP contribution is -2.59. The predicted molar refractivity (Wildman–Crippen MR) is 119 cm³/mol. The molecule has 1 atom stereocenters. The van der Waals surface area contributed by atoms with Crippen LogP contribution in [0.25, 0.3) is 0 Å². The first-order valence-corrected chi connectivity index (χ1v) is 11.4. The number of hydrogen-bond acceptors (Lipinski definition) is 4. The summed E-state index contributed by atoms with van der Waals surface area (Å²) in [5.74, 6) is -0.394. The number of rotatable bonds is 9. The summed E-state index contributed by atoms with van der Waals surface area (Å²) in [6.45, 7) is 3.46. The first kappa shape index (κ1) is 23.1. The molecule has 5 N–H and O–H groups in total. The molecule has 2 fully saturated rings. The van der Waals surface area contributed by atoms with E-state index >= 15 is 0 Å². The number of benzene rings is 1. The molecule has 1 aliphatic carbocycles. The Morgan fingerprint density at radius 3 is 2.52 bits per heavy atom. The van der Waals surface area contributed by atoms with Crippen LogP contribution in [0.2, 0.25) is 0 Å². The molecular weight excluding hydrogens is 394 g/mol. The monoisotopic (exact) mass is 429 g/mol. The van der Waals surface area contributed by atoms with Gasteiger partial charge in [-0.25, -0.2) is 4.79 Å². The number of carbonyl (C=O) groups excluding carboxylic acids is 3. The number of piperidine rings is 1. The largest absolute Gasteiger partial charge is 0.369 e. The fourth-order valence-corrected chi connectivity index (χ4v) is 4.59. The number of urea groups is 1. The molecule has 4 amide bonds. The van der Waals surface area contributed by atoms with Crippen molar-refractivity contribution in [2.45, 2.75) is 57.0 Å². The Balaban J connectivity index is 1.42. The highest BCUT2D eigenvalue weighted by atomic mass is 16.2. The molecule has 0 spiro atoms. The number of hydrogen-bond donors (Lipinski definition) is 4. The summed E-state index contributed by atoms with van der Waals surface area (Å²) in [6.07, 6.45) is 5.80. The van der Waals surface area contributed by atoms with Gasteiger partial charge in [-0.1, -0.05) is 43.2 Å². The fraction of sp³-hybridized carbons (Fsp3) is 0.609. The summed E-state index contributed by atoms with van der Waals surface area (Å²) in [5, 5.41) is 8.82. The summed E-state index contributed by atoms with van der Waals surface area (Å²) >= 11 is 0. The van der Waals surface area contributed by atoms with Crippen LogP contribution in [0.5, 0.6) is 0 Å². The molecule has 8 nitrogen and oxygen atoms in total. The zero-order valence-corrected chi connectivity index (χ0v) is 18.2. The molecule has 1 heterocycles. The Morgan fingerprint density at radius 2 is 1.81 bits per heavy atom. The first-order valence-electron chi connectivity index (χ1n) is 11.4. The van der Waals surface area contributed by atoms with Crippen molar-refractivity contribution in [3.8, 4) is 0 Å². The van der Waals surface area contributed by atoms with Gasteiger partial charge in [0.25, 0.3) is 0 Å². The highest BCUT2D eigenvalue weighted by molar-refractivity contribution is 5.91. The van der Waals surface area contributed by atoms with Crippen LogP contribution in [0.4, 0.5) is 4.79 Å². The van der Waals surface area contributed by atoms with Crippen LogP contribution >= 0.6 is 0 Å². The van der Waals surface area contributed by atoms with Crippen molar-refractivity contribution in [1.82, 2.24) is 20.9 Å². The molecule has 0 aromatic heterocycles. The Hall–Kier alpha value is -2.61. The second-order valence-corrected chi connectivity index (χ2v) is 8.73. The van der Waals surface area contributed by atoms with E-state index in [-0.39, 0.29) is 23.8 Å². The van der Waals surface area contributed by atoms with Gasteiger partial charge in [0, 0.05) is 19.6 Å². The van der Waals surface area contributed by atoms with Crippen LogP contribution in [0.1, 0.15) is 50.5 Å². The van der Waals surface area contributed by atoms with Crippen molar-refractivity contribution in [2.24, 2.45) is 11.7 Å². The number of carbonyl (C=O) groups is 3. The molecule has 3 rings (SSSR count). The minimum Gasteiger partial charge on any atom is -0.369 e. The highest BCUT2D eigenvalue weighted by Gasteiger charge is 2.42. The van der Waals surface area contributed by atoms with Crippen molar-refractivity contribution in [3.63, 3.8) is 0 Å². The third kappa shape index (κ3) is 6.69. The zero-order valence-electron chi connectivity index (χ0n) is 18.2. The van der Waals surface area contributed by atoms with Gasteiger partial charge in [-0.15, -0.1) is 0 Å². The van der Waals surface area contributed by atoms with E-state index in [0.29, 0.717) is 32.5 Å². The molecule has 1 saturated carbocycles. The average Bonchev–Trinajstić information content (AvgIpc) is 3.25. The molecule has 0 bridgehead atoms. The molecular formula is C23H35N5O3. The number of amides is 4. The van der Waals surface area contributed by atoms with E-state index in [0.717, 1.165) is 50.8 Å². The summed E-state index contributed by atoms with van der Waals surface area (Å²) in [7, 11) is 0. The molecule has 2 aliphatic rings. The van der Waals surface area contributed by atoms with Gasteiger partial charge in [-0.3, -0.25) is 9.59 Å². The molecule has 31 heavy (non-hydrogen) atoms. The summed E-state index contributed by atoms with van der Waals surface area (Å²) in [4.78, 5) is 39.1. The van der Waals surface area contributed by atoms with E-state index < -0.39 is 5.54 Å². The second-order valence-electron chi connectivity index (χ2n) is 8.73. The molecule has 1 saturated heterocycles. The zero-order chi connectivity index (χ0) is 22.1. The Morgan fingerprint density at radius 1 is 1.06 bits per heavy atom. The Bertz CT molecular complexity index is 749. The van der Waals surface area contributed by atoms with Crippen molar-refractivity contribution in [1.29, 1.82) is 0 Å². The third-order valence-electron chi connectivity index (χ3n) is 6.39. The van der Waals surface area contributed by atoms with Crippen molar-refractivity contribution >= 4 is 17.8 Å². The maximum Gasteiger partial charge on any atom is 0.315 e. The van der Waals surface area contributed by atoms with Gasteiger partial charge < -0.3 is 26.6 Å². The maximum absolute atomic E-state index is 12.9. The van der Waals surface area contributed by atoms with Crippen LogP contribution in [0.15, 0.2) is 30.3 Å². The molecule has 1 aromatic carbocycles. The van der Waals surface area contributed by atoms with Crippen LogP contribution in [-0.2, 0) is 16.1 Å². The number of nitrogens with one attached hydrogen (secondary N) is 3. The van der Waals surface area contributed by atoms with Gasteiger partial charge in [-0.05, 0) is 50.8 Å². The Kier molecular flexibility index (Phi) is 8.28. The van der Waals surface area contributed by atoms with E-state index in [4.69, 9.17) is 5.73 Å². The van der Waals surface area contributed by atoms with E-state index in [1.54, 1.807) is 0 Å². The van der Waals surface area contributed by atoms with Gasteiger partial charge in [0.05, 0.1) is 5.92 Å². The fourth-order valence-electron chi connectivity index (χ4n) is 4.59. The summed E-state index contributed by atoms with van der Waals surface area (Å²) < 4.78 is 0. The third-order valence-corrected chi connectivity index (χ3v) is 6.39. The van der Waals surface area contributed by atoms with E-state index in [1.807, 2.05) is 30.3 Å². The van der Waals surface area contributed by atoms with Crippen LogP contribution in [0.3, 0.4) is 0 Å². The van der Waals surface area contributed by atoms with E-state index in [2.05, 4.69) is 20.9 Å². The van der Waals surface area contributed by atoms with Gasteiger partial charge in [0.15, 0.2) is 0 Å². The molecule has 1 unspecified atom stereocenters. The van der Waals surface area contributed by atoms with Crippen LogP contribution < -0.4 is 21.7 Å². The van der Waals surface area contributed by atoms with E-state index in [1.165, 1.54) is 0 Å². The number of nitrogens with two attached hydrogens (primary N) is 1. The molecule has 1 aliphatic heterocycles. The number of likely N-dealkylation sites (tertiary alicyclic amines) is 1. The minimum atomic E-state index is -0.830.